The molecule has 3 aromatic rings. The quantitative estimate of drug-likeness (QED) is 0.617. The Morgan fingerprint density at radius 1 is 0.871 bits per heavy atom. The Morgan fingerprint density at radius 2 is 1.48 bits per heavy atom. The number of sulfonamides is 2. The van der Waals surface area contributed by atoms with Crippen LogP contribution >= 0.6 is 0 Å². The lowest BCUT2D eigenvalue weighted by Gasteiger charge is -2.37. The number of fused-ring (bicyclic) bond motifs is 1. The zero-order valence-electron chi connectivity index (χ0n) is 15.8. The Balaban J connectivity index is 1.97. The number of primary sulfonamides is 1. The number of hydrogen-bond acceptors (Lipinski definition) is 5. The van der Waals surface area contributed by atoms with E-state index in [1.54, 1.807) is 30.3 Å². The van der Waals surface area contributed by atoms with Crippen LogP contribution in [0.15, 0.2) is 82.6 Å². The SMILES string of the molecule is NS(=O)(=O)c1ccc2c(c1)NC(=O)C(c1ccccc1)N2S(=O)(=O)c1ccc(F)cc1. The van der Waals surface area contributed by atoms with Gasteiger partial charge in [-0.2, -0.15) is 0 Å². The summed E-state index contributed by atoms with van der Waals surface area (Å²) in [7, 11) is -8.44. The van der Waals surface area contributed by atoms with Crippen LogP contribution in [0.5, 0.6) is 0 Å². The molecule has 3 aromatic carbocycles. The van der Waals surface area contributed by atoms with Crippen molar-refractivity contribution in [2.24, 2.45) is 5.14 Å². The number of rotatable bonds is 4. The lowest BCUT2D eigenvalue weighted by atomic mass is 10.0. The molecule has 4 rings (SSSR count). The van der Waals surface area contributed by atoms with Crippen molar-refractivity contribution in [1.82, 2.24) is 0 Å². The maximum Gasteiger partial charge on any atom is 0.265 e. The summed E-state index contributed by atoms with van der Waals surface area (Å²) in [6.45, 7) is 0. The van der Waals surface area contributed by atoms with Crippen LogP contribution in [0.2, 0.25) is 0 Å². The van der Waals surface area contributed by atoms with Crippen molar-refractivity contribution in [3.8, 4) is 0 Å². The number of anilines is 2. The van der Waals surface area contributed by atoms with Crippen molar-refractivity contribution in [1.29, 1.82) is 0 Å². The number of amides is 1. The first-order valence-corrected chi connectivity index (χ1v) is 11.9. The van der Waals surface area contributed by atoms with Crippen LogP contribution in [0.4, 0.5) is 15.8 Å². The summed E-state index contributed by atoms with van der Waals surface area (Å²) in [5, 5.41) is 7.72. The van der Waals surface area contributed by atoms with E-state index in [1.165, 1.54) is 6.07 Å². The molecule has 11 heteroatoms. The van der Waals surface area contributed by atoms with Crippen LogP contribution in [0.25, 0.3) is 0 Å². The fraction of sp³-hybridized carbons (Fsp3) is 0.0500. The molecule has 1 atom stereocenters. The molecule has 0 aliphatic carbocycles. The maximum absolute atomic E-state index is 13.6. The molecule has 1 heterocycles. The number of nitrogens with zero attached hydrogens (tertiary/aromatic N) is 1. The van der Waals surface area contributed by atoms with Gasteiger partial charge in [-0.15, -0.1) is 0 Å². The van der Waals surface area contributed by atoms with Crippen molar-refractivity contribution in [2.75, 3.05) is 9.62 Å². The van der Waals surface area contributed by atoms with Gasteiger partial charge in [0.1, 0.15) is 11.9 Å². The van der Waals surface area contributed by atoms with E-state index in [2.05, 4.69) is 5.32 Å². The smallest absolute Gasteiger partial charge is 0.265 e. The van der Waals surface area contributed by atoms with Gasteiger partial charge in [0.05, 0.1) is 21.2 Å². The van der Waals surface area contributed by atoms with E-state index in [-0.39, 0.29) is 21.2 Å². The zero-order chi connectivity index (χ0) is 22.4. The number of benzene rings is 3. The molecular formula is C20H16FN3O5S2. The van der Waals surface area contributed by atoms with Crippen LogP contribution in [-0.4, -0.2) is 22.7 Å². The van der Waals surface area contributed by atoms with E-state index in [1.807, 2.05) is 0 Å². The van der Waals surface area contributed by atoms with E-state index in [4.69, 9.17) is 5.14 Å². The van der Waals surface area contributed by atoms with E-state index in [0.717, 1.165) is 40.7 Å². The van der Waals surface area contributed by atoms with Crippen molar-refractivity contribution < 1.29 is 26.0 Å². The highest BCUT2D eigenvalue weighted by molar-refractivity contribution is 7.93. The van der Waals surface area contributed by atoms with Gasteiger partial charge in [-0.25, -0.2) is 30.7 Å². The minimum atomic E-state index is -4.35. The minimum absolute atomic E-state index is 0.0330. The van der Waals surface area contributed by atoms with Crippen LogP contribution in [0.1, 0.15) is 11.6 Å². The van der Waals surface area contributed by atoms with Crippen molar-refractivity contribution >= 4 is 37.3 Å². The molecule has 3 N–H and O–H groups in total. The summed E-state index contributed by atoms with van der Waals surface area (Å²) in [4.78, 5) is 12.5. The molecule has 8 nitrogen and oxygen atoms in total. The van der Waals surface area contributed by atoms with E-state index in [9.17, 15) is 26.0 Å². The Morgan fingerprint density at radius 3 is 2.10 bits per heavy atom. The predicted molar refractivity (Wildman–Crippen MR) is 112 cm³/mol. The highest BCUT2D eigenvalue weighted by Crippen LogP contribution is 2.42. The van der Waals surface area contributed by atoms with E-state index >= 15 is 0 Å². The summed E-state index contributed by atoms with van der Waals surface area (Å²) >= 11 is 0. The Hall–Kier alpha value is -3.28. The number of carbonyl (C=O) groups is 1. The van der Waals surface area contributed by atoms with Crippen molar-refractivity contribution in [3.63, 3.8) is 0 Å². The monoisotopic (exact) mass is 461 g/mol. The maximum atomic E-state index is 13.6. The highest BCUT2D eigenvalue weighted by Gasteiger charge is 2.42. The third-order valence-electron chi connectivity index (χ3n) is 4.76. The van der Waals surface area contributed by atoms with Gasteiger partial charge in [0.15, 0.2) is 0 Å². The summed E-state index contributed by atoms with van der Waals surface area (Å²) < 4.78 is 64.8. The molecular weight excluding hydrogens is 445 g/mol. The van der Waals surface area contributed by atoms with E-state index < -0.39 is 37.8 Å². The lowest BCUT2D eigenvalue weighted by Crippen LogP contribution is -2.45. The Kier molecular flexibility index (Phi) is 5.04. The molecule has 1 aliphatic rings. The Labute approximate surface area is 178 Å². The van der Waals surface area contributed by atoms with Gasteiger partial charge in [-0.05, 0) is 48.0 Å². The van der Waals surface area contributed by atoms with Crippen LogP contribution < -0.4 is 14.8 Å². The summed E-state index contributed by atoms with van der Waals surface area (Å²) in [6, 6.07) is 14.6. The van der Waals surface area contributed by atoms with Crippen LogP contribution in [0.3, 0.4) is 0 Å². The van der Waals surface area contributed by atoms with Crippen molar-refractivity contribution in [2.45, 2.75) is 15.8 Å². The fourth-order valence-corrected chi connectivity index (χ4v) is 5.50. The molecule has 1 unspecified atom stereocenters. The molecule has 1 aliphatic heterocycles. The number of carbonyl (C=O) groups excluding carboxylic acids is 1. The number of halogens is 1. The average molecular weight is 461 g/mol. The molecule has 0 fully saturated rings. The van der Waals surface area contributed by atoms with Gasteiger partial charge in [0.25, 0.3) is 15.9 Å². The first-order valence-electron chi connectivity index (χ1n) is 8.92. The largest absolute Gasteiger partial charge is 0.322 e. The molecule has 0 radical (unpaired) electrons. The molecule has 0 saturated heterocycles. The topological polar surface area (TPSA) is 127 Å². The van der Waals surface area contributed by atoms with Gasteiger partial charge in [0.2, 0.25) is 10.0 Å². The molecule has 0 saturated carbocycles. The second-order valence-corrected chi connectivity index (χ2v) is 10.2. The molecule has 0 bridgehead atoms. The first kappa shape index (κ1) is 21.0. The third-order valence-corrected chi connectivity index (χ3v) is 7.46. The average Bonchev–Trinajstić information content (AvgIpc) is 2.72. The highest BCUT2D eigenvalue weighted by atomic mass is 32.2. The summed E-state index contributed by atoms with van der Waals surface area (Å²) in [5.41, 5.74) is 0.409. The second-order valence-electron chi connectivity index (χ2n) is 6.78. The Bertz CT molecular complexity index is 1380. The standard InChI is InChI=1S/C20H16FN3O5S2/c21-14-6-8-15(9-7-14)31(28,29)24-18-11-10-16(30(22,26)27)12-17(18)23-20(25)19(24)13-4-2-1-3-5-13/h1-12,19H,(H,23,25)(H2,22,26,27). The van der Waals surface area contributed by atoms with E-state index in [0.29, 0.717) is 5.56 Å². The molecule has 1 amide bonds. The molecule has 0 spiro atoms. The van der Waals surface area contributed by atoms with Crippen molar-refractivity contribution in [3.05, 3.63) is 84.2 Å². The first-order chi connectivity index (χ1) is 14.6. The normalized spacial score (nSPS) is 16.5. The number of nitrogens with two attached hydrogens (primary N) is 1. The van der Waals surface area contributed by atoms with Gasteiger partial charge < -0.3 is 5.32 Å². The molecule has 0 aromatic heterocycles. The lowest BCUT2D eigenvalue weighted by molar-refractivity contribution is -0.117. The van der Waals surface area contributed by atoms with Gasteiger partial charge in [-0.3, -0.25) is 4.79 Å². The van der Waals surface area contributed by atoms with Gasteiger partial charge >= 0.3 is 0 Å². The summed E-state index contributed by atoms with van der Waals surface area (Å²) in [5.74, 6) is -1.30. The van der Waals surface area contributed by atoms with Crippen LogP contribution in [-0.2, 0) is 24.8 Å². The molecule has 31 heavy (non-hydrogen) atoms. The summed E-state index contributed by atoms with van der Waals surface area (Å²) in [6.07, 6.45) is 0. The van der Waals surface area contributed by atoms with Crippen LogP contribution in [0, 0.1) is 5.82 Å². The minimum Gasteiger partial charge on any atom is -0.322 e. The zero-order valence-corrected chi connectivity index (χ0v) is 17.4. The number of nitrogens with one attached hydrogen (secondary N) is 1. The fourth-order valence-electron chi connectivity index (χ4n) is 3.34. The molecule has 160 valence electrons. The van der Waals surface area contributed by atoms with Gasteiger partial charge in [0, 0.05) is 0 Å². The van der Waals surface area contributed by atoms with Gasteiger partial charge in [-0.1, -0.05) is 30.3 Å². The second kappa shape index (κ2) is 7.45. The number of hydrogen-bond donors (Lipinski definition) is 2. The predicted octanol–water partition coefficient (Wildman–Crippen LogP) is 2.36. The third kappa shape index (κ3) is 3.78.